The SMILES string of the molecule is O=c1oc(-c2ccc(F)cc2)nc2c(Cl)cc(Cl)cc12. The minimum absolute atomic E-state index is 0.0757. The van der Waals surface area contributed by atoms with Gasteiger partial charge in [0.2, 0.25) is 5.89 Å². The fourth-order valence-electron chi connectivity index (χ4n) is 1.82. The zero-order valence-electron chi connectivity index (χ0n) is 9.86. The summed E-state index contributed by atoms with van der Waals surface area (Å²) >= 11 is 11.9. The quantitative estimate of drug-likeness (QED) is 0.673. The summed E-state index contributed by atoms with van der Waals surface area (Å²) in [6, 6.07) is 8.38. The van der Waals surface area contributed by atoms with Crippen LogP contribution in [0.4, 0.5) is 4.39 Å². The van der Waals surface area contributed by atoms with Gasteiger partial charge < -0.3 is 4.42 Å². The zero-order valence-corrected chi connectivity index (χ0v) is 11.4. The van der Waals surface area contributed by atoms with E-state index in [1.165, 1.54) is 36.4 Å². The molecule has 1 aromatic heterocycles. The minimum Gasteiger partial charge on any atom is -0.403 e. The van der Waals surface area contributed by atoms with Crippen LogP contribution in [-0.2, 0) is 0 Å². The van der Waals surface area contributed by atoms with E-state index in [1.54, 1.807) is 0 Å². The Labute approximate surface area is 122 Å². The molecule has 0 bridgehead atoms. The number of aromatic nitrogens is 1. The van der Waals surface area contributed by atoms with Crippen LogP contribution in [0.2, 0.25) is 10.0 Å². The third-order valence-corrected chi connectivity index (χ3v) is 3.25. The van der Waals surface area contributed by atoms with Crippen LogP contribution in [-0.4, -0.2) is 4.98 Å². The lowest BCUT2D eigenvalue weighted by Crippen LogP contribution is -2.03. The van der Waals surface area contributed by atoms with Gasteiger partial charge in [0.1, 0.15) is 11.3 Å². The second-order valence-corrected chi connectivity index (χ2v) is 4.94. The fourth-order valence-corrected chi connectivity index (χ4v) is 2.35. The van der Waals surface area contributed by atoms with Crippen LogP contribution in [0.3, 0.4) is 0 Å². The molecule has 0 atom stereocenters. The van der Waals surface area contributed by atoms with Crippen LogP contribution in [0.15, 0.2) is 45.6 Å². The van der Waals surface area contributed by atoms with Crippen molar-refractivity contribution in [2.24, 2.45) is 0 Å². The van der Waals surface area contributed by atoms with Gasteiger partial charge in [-0.15, -0.1) is 0 Å². The maximum atomic E-state index is 12.9. The summed E-state index contributed by atoms with van der Waals surface area (Å²) in [6.45, 7) is 0. The molecule has 0 saturated heterocycles. The van der Waals surface area contributed by atoms with Crippen molar-refractivity contribution >= 4 is 34.1 Å². The topological polar surface area (TPSA) is 43.1 Å². The van der Waals surface area contributed by atoms with E-state index in [9.17, 15) is 9.18 Å². The molecule has 0 aliphatic carbocycles. The van der Waals surface area contributed by atoms with Gasteiger partial charge in [-0.25, -0.2) is 14.2 Å². The molecule has 0 amide bonds. The Morgan fingerprint density at radius 3 is 2.50 bits per heavy atom. The summed E-state index contributed by atoms with van der Waals surface area (Å²) in [5.41, 5.74) is 0.182. The second kappa shape index (κ2) is 4.89. The summed E-state index contributed by atoms with van der Waals surface area (Å²) < 4.78 is 18.0. The molecule has 0 saturated carbocycles. The molecule has 6 heteroatoms. The van der Waals surface area contributed by atoms with Crippen molar-refractivity contribution in [1.82, 2.24) is 4.98 Å². The van der Waals surface area contributed by atoms with Crippen molar-refractivity contribution < 1.29 is 8.81 Å². The van der Waals surface area contributed by atoms with E-state index in [1.807, 2.05) is 0 Å². The number of rotatable bonds is 1. The fraction of sp³-hybridized carbons (Fsp3) is 0. The second-order valence-electron chi connectivity index (χ2n) is 4.10. The standard InChI is InChI=1S/C14H6Cl2FNO2/c15-8-5-10-12(11(16)6-8)18-13(20-14(10)19)7-1-3-9(17)4-2-7/h1-6H. The normalized spacial score (nSPS) is 10.9. The van der Waals surface area contributed by atoms with Gasteiger partial charge in [-0.3, -0.25) is 0 Å². The van der Waals surface area contributed by atoms with Gasteiger partial charge in [0.25, 0.3) is 0 Å². The average Bonchev–Trinajstić information content (AvgIpc) is 2.40. The Balaban J connectivity index is 2.29. The molecule has 100 valence electrons. The first-order valence-corrected chi connectivity index (χ1v) is 6.36. The van der Waals surface area contributed by atoms with Gasteiger partial charge in [0.15, 0.2) is 0 Å². The van der Waals surface area contributed by atoms with Crippen molar-refractivity contribution in [3.63, 3.8) is 0 Å². The molecule has 0 N–H and O–H groups in total. The van der Waals surface area contributed by atoms with Crippen LogP contribution in [0.25, 0.3) is 22.4 Å². The average molecular weight is 310 g/mol. The molecule has 0 aliphatic rings. The van der Waals surface area contributed by atoms with Crippen LogP contribution in [0, 0.1) is 5.82 Å². The van der Waals surface area contributed by atoms with Gasteiger partial charge in [0, 0.05) is 10.6 Å². The Bertz CT molecular complexity index is 859. The monoisotopic (exact) mass is 309 g/mol. The molecule has 20 heavy (non-hydrogen) atoms. The molecule has 0 radical (unpaired) electrons. The lowest BCUT2D eigenvalue weighted by molar-refractivity contribution is 0.518. The number of nitrogens with zero attached hydrogens (tertiary/aromatic N) is 1. The van der Waals surface area contributed by atoms with Crippen molar-refractivity contribution in [3.8, 4) is 11.5 Å². The predicted molar refractivity (Wildman–Crippen MR) is 75.7 cm³/mol. The van der Waals surface area contributed by atoms with Gasteiger partial charge in [-0.1, -0.05) is 23.2 Å². The molecule has 0 unspecified atom stereocenters. The van der Waals surface area contributed by atoms with E-state index in [2.05, 4.69) is 4.98 Å². The molecule has 0 spiro atoms. The summed E-state index contributed by atoms with van der Waals surface area (Å²) in [4.78, 5) is 16.1. The number of halogens is 3. The number of hydrogen-bond acceptors (Lipinski definition) is 3. The summed E-state index contributed by atoms with van der Waals surface area (Å²) in [5, 5.41) is 0.781. The first-order valence-electron chi connectivity index (χ1n) is 5.60. The van der Waals surface area contributed by atoms with Crippen molar-refractivity contribution in [1.29, 1.82) is 0 Å². The van der Waals surface area contributed by atoms with E-state index < -0.39 is 5.63 Å². The Hall–Kier alpha value is -1.91. The predicted octanol–water partition coefficient (Wildman–Crippen LogP) is 4.30. The molecule has 0 aliphatic heterocycles. The largest absolute Gasteiger partial charge is 0.403 e. The molecule has 3 nitrogen and oxygen atoms in total. The van der Waals surface area contributed by atoms with E-state index in [-0.39, 0.29) is 22.1 Å². The summed E-state index contributed by atoms with van der Waals surface area (Å²) in [5.74, 6) is -0.312. The first-order chi connectivity index (χ1) is 9.54. The summed E-state index contributed by atoms with van der Waals surface area (Å²) in [7, 11) is 0. The molecule has 2 aromatic carbocycles. The molecule has 3 rings (SSSR count). The van der Waals surface area contributed by atoms with E-state index >= 15 is 0 Å². The third-order valence-electron chi connectivity index (χ3n) is 2.74. The maximum Gasteiger partial charge on any atom is 0.347 e. The van der Waals surface area contributed by atoms with Crippen molar-refractivity contribution in [2.45, 2.75) is 0 Å². The van der Waals surface area contributed by atoms with Gasteiger partial charge in [-0.2, -0.15) is 0 Å². The molecular formula is C14H6Cl2FNO2. The van der Waals surface area contributed by atoms with E-state index in [0.29, 0.717) is 16.1 Å². The van der Waals surface area contributed by atoms with Crippen LogP contribution in [0.1, 0.15) is 0 Å². The van der Waals surface area contributed by atoms with E-state index in [4.69, 9.17) is 27.6 Å². The highest BCUT2D eigenvalue weighted by molar-refractivity contribution is 6.38. The Morgan fingerprint density at radius 1 is 1.10 bits per heavy atom. The van der Waals surface area contributed by atoms with Crippen LogP contribution < -0.4 is 5.63 Å². The number of hydrogen-bond donors (Lipinski definition) is 0. The minimum atomic E-state index is -0.598. The van der Waals surface area contributed by atoms with Crippen molar-refractivity contribution in [3.05, 3.63) is 62.7 Å². The van der Waals surface area contributed by atoms with Crippen LogP contribution in [0.5, 0.6) is 0 Å². The molecular weight excluding hydrogens is 304 g/mol. The van der Waals surface area contributed by atoms with E-state index in [0.717, 1.165) is 0 Å². The summed E-state index contributed by atoms with van der Waals surface area (Å²) in [6.07, 6.45) is 0. The third kappa shape index (κ3) is 2.28. The number of benzene rings is 2. The van der Waals surface area contributed by atoms with Crippen molar-refractivity contribution in [2.75, 3.05) is 0 Å². The van der Waals surface area contributed by atoms with Crippen LogP contribution >= 0.6 is 23.2 Å². The molecule has 3 aromatic rings. The highest BCUT2D eigenvalue weighted by Crippen LogP contribution is 2.27. The lowest BCUT2D eigenvalue weighted by atomic mass is 10.2. The number of fused-ring (bicyclic) bond motifs is 1. The van der Waals surface area contributed by atoms with Gasteiger partial charge in [0.05, 0.1) is 10.4 Å². The Morgan fingerprint density at radius 2 is 1.80 bits per heavy atom. The molecule has 0 fully saturated rings. The van der Waals surface area contributed by atoms with Gasteiger partial charge >= 0.3 is 5.63 Å². The zero-order chi connectivity index (χ0) is 14.3. The Kier molecular flexibility index (Phi) is 3.20. The highest BCUT2D eigenvalue weighted by atomic mass is 35.5. The molecule has 1 heterocycles. The van der Waals surface area contributed by atoms with Gasteiger partial charge in [-0.05, 0) is 36.4 Å². The maximum absolute atomic E-state index is 12.9. The highest BCUT2D eigenvalue weighted by Gasteiger charge is 2.12. The first kappa shape index (κ1) is 13.1. The smallest absolute Gasteiger partial charge is 0.347 e. The lowest BCUT2D eigenvalue weighted by Gasteiger charge is -2.03.